The average molecular weight is 445 g/mol. The summed E-state index contributed by atoms with van der Waals surface area (Å²) >= 11 is 0. The van der Waals surface area contributed by atoms with Crippen molar-refractivity contribution in [1.82, 2.24) is 25.1 Å². The molecule has 6 nitrogen and oxygen atoms in total. The lowest BCUT2D eigenvalue weighted by molar-refractivity contribution is -0.287. The number of benzene rings is 1. The van der Waals surface area contributed by atoms with Crippen LogP contribution in [0.3, 0.4) is 0 Å². The number of alkyl halides is 5. The Kier molecular flexibility index (Phi) is 6.14. The van der Waals surface area contributed by atoms with Gasteiger partial charge in [0.05, 0.1) is 18.8 Å². The molecule has 1 saturated heterocycles. The van der Waals surface area contributed by atoms with Crippen LogP contribution >= 0.6 is 0 Å². The first kappa shape index (κ1) is 21.9. The number of hydrogen-bond acceptors (Lipinski definition) is 5. The normalized spacial score (nSPS) is 23.1. The number of ether oxygens (including phenoxy) is 1. The van der Waals surface area contributed by atoms with Crippen LogP contribution in [-0.4, -0.2) is 63.4 Å². The zero-order valence-corrected chi connectivity index (χ0v) is 16.8. The highest BCUT2D eigenvalue weighted by molar-refractivity contribution is 5.36. The van der Waals surface area contributed by atoms with Gasteiger partial charge < -0.3 is 4.74 Å². The topological polar surface area (TPSA) is 56.1 Å². The predicted molar refractivity (Wildman–Crippen MR) is 101 cm³/mol. The Morgan fingerprint density at radius 2 is 1.74 bits per heavy atom. The van der Waals surface area contributed by atoms with Crippen molar-refractivity contribution in [3.05, 3.63) is 30.6 Å². The highest BCUT2D eigenvalue weighted by Crippen LogP contribution is 2.50. The average Bonchev–Trinajstić information content (AvgIpc) is 3.27. The SMILES string of the molecule is FC(F)(F)C(F)(F)CN1CCC(C2CC2CCOc2ccc(-n3cnnn3)cc2)CC1. The number of rotatable bonds is 8. The van der Waals surface area contributed by atoms with E-state index in [4.69, 9.17) is 4.74 Å². The van der Waals surface area contributed by atoms with Gasteiger partial charge in [-0.3, -0.25) is 4.90 Å². The van der Waals surface area contributed by atoms with E-state index in [9.17, 15) is 22.0 Å². The molecule has 2 fully saturated rings. The first-order valence-electron chi connectivity index (χ1n) is 10.4. The van der Waals surface area contributed by atoms with Crippen LogP contribution in [0, 0.1) is 17.8 Å². The highest BCUT2D eigenvalue weighted by Gasteiger charge is 2.58. The van der Waals surface area contributed by atoms with Crippen molar-refractivity contribution in [2.45, 2.75) is 37.8 Å². The van der Waals surface area contributed by atoms with E-state index >= 15 is 0 Å². The highest BCUT2D eigenvalue weighted by atomic mass is 19.4. The van der Waals surface area contributed by atoms with Crippen molar-refractivity contribution < 1.29 is 26.7 Å². The summed E-state index contributed by atoms with van der Waals surface area (Å²) in [5.41, 5.74) is 0.832. The van der Waals surface area contributed by atoms with Crippen LogP contribution in [0.1, 0.15) is 25.7 Å². The Balaban J connectivity index is 1.15. The molecule has 2 unspecified atom stereocenters. The van der Waals surface area contributed by atoms with Crippen LogP contribution in [0.4, 0.5) is 22.0 Å². The summed E-state index contributed by atoms with van der Waals surface area (Å²) in [5, 5.41) is 11.0. The number of halogens is 5. The summed E-state index contributed by atoms with van der Waals surface area (Å²) in [6.07, 6.45) is -0.644. The van der Waals surface area contributed by atoms with Crippen molar-refractivity contribution >= 4 is 0 Å². The predicted octanol–water partition coefficient (Wildman–Crippen LogP) is 3.98. The van der Waals surface area contributed by atoms with Gasteiger partial charge >= 0.3 is 12.1 Å². The van der Waals surface area contributed by atoms with Gasteiger partial charge in [0.25, 0.3) is 0 Å². The molecule has 0 amide bonds. The van der Waals surface area contributed by atoms with E-state index in [1.807, 2.05) is 24.3 Å². The lowest BCUT2D eigenvalue weighted by Gasteiger charge is -2.34. The number of piperidine rings is 1. The molecular formula is C20H24F5N5O. The quantitative estimate of drug-likeness (QED) is 0.576. The monoisotopic (exact) mass is 445 g/mol. The second-order valence-corrected chi connectivity index (χ2v) is 8.36. The third kappa shape index (κ3) is 5.31. The Bertz CT molecular complexity index is 835. The van der Waals surface area contributed by atoms with Crippen LogP contribution in [0.15, 0.2) is 30.6 Å². The zero-order chi connectivity index (χ0) is 22.1. The molecule has 2 atom stereocenters. The van der Waals surface area contributed by atoms with Crippen molar-refractivity contribution in [3.63, 3.8) is 0 Å². The maximum Gasteiger partial charge on any atom is 0.454 e. The lowest BCUT2D eigenvalue weighted by Crippen LogP contribution is -2.49. The molecule has 1 aromatic heterocycles. The van der Waals surface area contributed by atoms with Crippen LogP contribution in [0.25, 0.3) is 5.69 Å². The third-order valence-corrected chi connectivity index (χ3v) is 6.26. The van der Waals surface area contributed by atoms with E-state index in [-0.39, 0.29) is 0 Å². The second-order valence-electron chi connectivity index (χ2n) is 8.36. The van der Waals surface area contributed by atoms with Gasteiger partial charge in [0.2, 0.25) is 0 Å². The molecule has 1 saturated carbocycles. The van der Waals surface area contributed by atoms with E-state index in [0.29, 0.717) is 50.3 Å². The maximum absolute atomic E-state index is 13.2. The van der Waals surface area contributed by atoms with E-state index < -0.39 is 18.6 Å². The minimum Gasteiger partial charge on any atom is -0.494 e. The summed E-state index contributed by atoms with van der Waals surface area (Å²) < 4.78 is 71.0. The first-order valence-corrected chi connectivity index (χ1v) is 10.4. The fourth-order valence-corrected chi connectivity index (χ4v) is 4.39. The second kappa shape index (κ2) is 8.68. The number of tetrazole rings is 1. The Morgan fingerprint density at radius 1 is 1.03 bits per heavy atom. The molecule has 4 rings (SSSR count). The molecule has 11 heteroatoms. The van der Waals surface area contributed by atoms with Gasteiger partial charge in [-0.15, -0.1) is 5.10 Å². The molecule has 0 spiro atoms. The molecule has 170 valence electrons. The van der Waals surface area contributed by atoms with E-state index in [2.05, 4.69) is 15.5 Å². The van der Waals surface area contributed by atoms with Gasteiger partial charge in [-0.2, -0.15) is 22.0 Å². The summed E-state index contributed by atoms with van der Waals surface area (Å²) in [7, 11) is 0. The number of nitrogens with zero attached hydrogens (tertiary/aromatic N) is 5. The fraction of sp³-hybridized carbons (Fsp3) is 0.650. The van der Waals surface area contributed by atoms with Crippen molar-refractivity contribution in [2.24, 2.45) is 17.8 Å². The zero-order valence-electron chi connectivity index (χ0n) is 16.8. The fourth-order valence-electron chi connectivity index (χ4n) is 4.39. The van der Waals surface area contributed by atoms with Crippen LogP contribution in [0.2, 0.25) is 0 Å². The van der Waals surface area contributed by atoms with Gasteiger partial charge in [0, 0.05) is 0 Å². The smallest absolute Gasteiger partial charge is 0.454 e. The molecule has 2 aromatic rings. The van der Waals surface area contributed by atoms with Gasteiger partial charge in [-0.05, 0) is 91.2 Å². The molecule has 2 aliphatic rings. The molecule has 1 aromatic carbocycles. The van der Waals surface area contributed by atoms with Gasteiger partial charge in [0.1, 0.15) is 12.1 Å². The third-order valence-electron chi connectivity index (χ3n) is 6.26. The summed E-state index contributed by atoms with van der Waals surface area (Å²) in [5.74, 6) is -2.43. The summed E-state index contributed by atoms with van der Waals surface area (Å²) in [6, 6.07) is 7.44. The molecule has 1 aliphatic heterocycles. The van der Waals surface area contributed by atoms with Gasteiger partial charge in [-0.1, -0.05) is 0 Å². The molecule has 1 aliphatic carbocycles. The van der Waals surface area contributed by atoms with Crippen LogP contribution in [-0.2, 0) is 0 Å². The standard InChI is InChI=1S/C20H24F5N5O/c21-19(22,20(23,24)25)12-29-8-5-14(6-9-29)18-11-15(18)7-10-31-17-3-1-16(2-4-17)30-13-26-27-28-30/h1-4,13-15,18H,5-12H2. The van der Waals surface area contributed by atoms with Gasteiger partial charge in [0.15, 0.2) is 0 Å². The maximum atomic E-state index is 13.2. The van der Waals surface area contributed by atoms with Crippen LogP contribution < -0.4 is 4.74 Å². The van der Waals surface area contributed by atoms with E-state index in [1.54, 1.807) is 4.68 Å². The number of hydrogen-bond donors (Lipinski definition) is 0. The van der Waals surface area contributed by atoms with Crippen LogP contribution in [0.5, 0.6) is 5.75 Å². The van der Waals surface area contributed by atoms with E-state index in [0.717, 1.165) is 24.3 Å². The van der Waals surface area contributed by atoms with Crippen molar-refractivity contribution in [2.75, 3.05) is 26.2 Å². The Morgan fingerprint density at radius 3 is 2.35 bits per heavy atom. The lowest BCUT2D eigenvalue weighted by atomic mass is 9.90. The van der Waals surface area contributed by atoms with Gasteiger partial charge in [-0.25, -0.2) is 4.68 Å². The molecular weight excluding hydrogens is 421 g/mol. The number of aromatic nitrogens is 4. The van der Waals surface area contributed by atoms with E-state index in [1.165, 1.54) is 11.2 Å². The molecule has 2 heterocycles. The largest absolute Gasteiger partial charge is 0.494 e. The molecule has 31 heavy (non-hydrogen) atoms. The summed E-state index contributed by atoms with van der Waals surface area (Å²) in [6.45, 7) is -0.0627. The molecule has 0 N–H and O–H groups in total. The molecule has 0 bridgehead atoms. The minimum absolute atomic E-state index is 0.295. The molecule has 0 radical (unpaired) electrons. The number of likely N-dealkylation sites (tertiary alicyclic amines) is 1. The first-order chi connectivity index (χ1) is 14.7. The Labute approximate surface area is 176 Å². The summed E-state index contributed by atoms with van der Waals surface area (Å²) in [4.78, 5) is 1.24. The minimum atomic E-state index is -5.49. The van der Waals surface area contributed by atoms with Crippen molar-refractivity contribution in [3.8, 4) is 11.4 Å². The Hall–Kier alpha value is -2.30. The van der Waals surface area contributed by atoms with Crippen molar-refractivity contribution in [1.29, 1.82) is 0 Å².